The van der Waals surface area contributed by atoms with Crippen molar-refractivity contribution >= 4 is 39.1 Å². The Hall–Kier alpha value is -2.58. The van der Waals surface area contributed by atoms with Gasteiger partial charge in [0.15, 0.2) is 0 Å². The van der Waals surface area contributed by atoms with Crippen molar-refractivity contribution in [1.29, 1.82) is 0 Å². The summed E-state index contributed by atoms with van der Waals surface area (Å²) in [5.74, 6) is -0.778. The molecule has 0 radical (unpaired) electrons. The van der Waals surface area contributed by atoms with E-state index < -0.39 is 28.5 Å². The largest absolute Gasteiger partial charge is 0.357 e. The molecule has 1 atom stereocenters. The molecule has 7 nitrogen and oxygen atoms in total. The molecule has 1 N–H and O–H groups in total. The number of carbonyl (C=O) groups is 2. The van der Waals surface area contributed by atoms with Gasteiger partial charge in [0.1, 0.15) is 12.6 Å². The van der Waals surface area contributed by atoms with E-state index >= 15 is 0 Å². The minimum Gasteiger partial charge on any atom is -0.357 e. The number of nitrogens with zero attached hydrogens (tertiary/aromatic N) is 2. The molecule has 2 amide bonds. The third-order valence-corrected chi connectivity index (χ3v) is 6.30. The third-order valence-electron chi connectivity index (χ3n) is 4.93. The van der Waals surface area contributed by atoms with Gasteiger partial charge < -0.3 is 10.2 Å². The Balaban J connectivity index is 2.44. The van der Waals surface area contributed by atoms with E-state index in [1.807, 2.05) is 37.3 Å². The number of aryl methyl sites for hydroxylation is 1. The van der Waals surface area contributed by atoms with Crippen LogP contribution in [0.25, 0.3) is 0 Å². The fourth-order valence-corrected chi connectivity index (χ4v) is 4.49. The molecule has 0 fully saturated rings. The van der Waals surface area contributed by atoms with Crippen LogP contribution in [0, 0.1) is 6.92 Å². The van der Waals surface area contributed by atoms with Crippen LogP contribution in [0.3, 0.4) is 0 Å². The van der Waals surface area contributed by atoms with Crippen molar-refractivity contribution in [2.75, 3.05) is 24.2 Å². The number of sulfonamides is 1. The number of amides is 2. The van der Waals surface area contributed by atoms with E-state index in [4.69, 9.17) is 11.6 Å². The van der Waals surface area contributed by atoms with Gasteiger partial charge in [-0.1, -0.05) is 48.9 Å². The Kier molecular flexibility index (Phi) is 8.47. The maximum atomic E-state index is 13.4. The fraction of sp³-hybridized carbons (Fsp3) is 0.364. The monoisotopic (exact) mass is 465 g/mol. The Morgan fingerprint density at radius 1 is 1.13 bits per heavy atom. The lowest BCUT2D eigenvalue weighted by molar-refractivity contribution is -0.140. The molecule has 0 heterocycles. The Bertz CT molecular complexity index is 1030. The van der Waals surface area contributed by atoms with Gasteiger partial charge >= 0.3 is 0 Å². The van der Waals surface area contributed by atoms with Crippen LogP contribution in [0.1, 0.15) is 24.5 Å². The number of carbonyl (C=O) groups excluding carboxylic acids is 2. The molecule has 0 aromatic heterocycles. The van der Waals surface area contributed by atoms with Crippen LogP contribution < -0.4 is 9.62 Å². The van der Waals surface area contributed by atoms with Gasteiger partial charge in [0, 0.05) is 18.6 Å². The lowest BCUT2D eigenvalue weighted by Crippen LogP contribution is -2.51. The summed E-state index contributed by atoms with van der Waals surface area (Å²) in [6.45, 7) is 3.29. The Morgan fingerprint density at radius 3 is 2.29 bits per heavy atom. The predicted octanol–water partition coefficient (Wildman–Crippen LogP) is 2.97. The second-order valence-electron chi connectivity index (χ2n) is 7.25. The summed E-state index contributed by atoms with van der Waals surface area (Å²) in [6.07, 6.45) is 1.43. The van der Waals surface area contributed by atoms with E-state index in [1.165, 1.54) is 11.9 Å². The van der Waals surface area contributed by atoms with Gasteiger partial charge in [0.25, 0.3) is 0 Å². The third kappa shape index (κ3) is 6.45. The molecule has 0 aliphatic heterocycles. The molecule has 2 rings (SSSR count). The molecule has 31 heavy (non-hydrogen) atoms. The van der Waals surface area contributed by atoms with Crippen molar-refractivity contribution in [3.8, 4) is 0 Å². The van der Waals surface area contributed by atoms with E-state index in [9.17, 15) is 18.0 Å². The van der Waals surface area contributed by atoms with E-state index in [0.29, 0.717) is 22.7 Å². The second-order valence-corrected chi connectivity index (χ2v) is 9.59. The van der Waals surface area contributed by atoms with Gasteiger partial charge in [0.2, 0.25) is 21.8 Å². The van der Waals surface area contributed by atoms with Gasteiger partial charge in [-0.2, -0.15) is 0 Å². The van der Waals surface area contributed by atoms with Crippen LogP contribution in [0.5, 0.6) is 0 Å². The summed E-state index contributed by atoms with van der Waals surface area (Å²) < 4.78 is 26.2. The first kappa shape index (κ1) is 24.7. The van der Waals surface area contributed by atoms with Crippen LogP contribution in [-0.4, -0.2) is 51.0 Å². The first-order valence-electron chi connectivity index (χ1n) is 9.87. The Morgan fingerprint density at radius 2 is 1.77 bits per heavy atom. The molecule has 0 unspecified atom stereocenters. The average Bonchev–Trinajstić information content (AvgIpc) is 2.72. The molecule has 168 valence electrons. The van der Waals surface area contributed by atoms with Crippen LogP contribution in [0.15, 0.2) is 48.5 Å². The minimum atomic E-state index is -3.77. The highest BCUT2D eigenvalue weighted by molar-refractivity contribution is 7.92. The summed E-state index contributed by atoms with van der Waals surface area (Å²) >= 11 is 6.01. The summed E-state index contributed by atoms with van der Waals surface area (Å²) in [4.78, 5) is 27.3. The van der Waals surface area contributed by atoms with Gasteiger partial charge in [-0.05, 0) is 42.7 Å². The first-order valence-corrected chi connectivity index (χ1v) is 12.1. The molecule has 0 saturated heterocycles. The van der Waals surface area contributed by atoms with Crippen LogP contribution in [-0.2, 0) is 26.2 Å². The number of hydrogen-bond donors (Lipinski definition) is 1. The molecule has 9 heteroatoms. The topological polar surface area (TPSA) is 86.8 Å². The number of benzene rings is 2. The van der Waals surface area contributed by atoms with Gasteiger partial charge in [0.05, 0.1) is 11.9 Å². The zero-order valence-corrected chi connectivity index (χ0v) is 19.7. The first-order chi connectivity index (χ1) is 14.6. The van der Waals surface area contributed by atoms with Crippen LogP contribution in [0.2, 0.25) is 5.02 Å². The number of likely N-dealkylation sites (N-methyl/N-ethyl adjacent to an activating group) is 1. The van der Waals surface area contributed by atoms with E-state index in [0.717, 1.165) is 16.1 Å². The number of nitrogens with one attached hydrogen (secondary N) is 1. The van der Waals surface area contributed by atoms with E-state index in [1.54, 1.807) is 25.1 Å². The second kappa shape index (κ2) is 10.6. The summed E-state index contributed by atoms with van der Waals surface area (Å²) in [5, 5.41) is 3.06. The van der Waals surface area contributed by atoms with Crippen molar-refractivity contribution in [2.45, 2.75) is 32.9 Å². The highest BCUT2D eigenvalue weighted by Crippen LogP contribution is 2.26. The van der Waals surface area contributed by atoms with E-state index in [2.05, 4.69) is 5.32 Å². The van der Waals surface area contributed by atoms with E-state index in [-0.39, 0.29) is 12.5 Å². The quantitative estimate of drug-likeness (QED) is 0.616. The average molecular weight is 466 g/mol. The molecular weight excluding hydrogens is 438 g/mol. The minimum absolute atomic E-state index is 0.183. The van der Waals surface area contributed by atoms with Crippen molar-refractivity contribution < 1.29 is 18.0 Å². The number of halogens is 1. The summed E-state index contributed by atoms with van der Waals surface area (Å²) in [7, 11) is -2.26. The maximum Gasteiger partial charge on any atom is 0.244 e. The van der Waals surface area contributed by atoms with Crippen LogP contribution >= 0.6 is 11.6 Å². The highest BCUT2D eigenvalue weighted by atomic mass is 35.5. The zero-order chi connectivity index (χ0) is 23.2. The molecule has 2 aromatic carbocycles. The lowest BCUT2D eigenvalue weighted by Gasteiger charge is -2.33. The van der Waals surface area contributed by atoms with Crippen molar-refractivity contribution in [3.05, 3.63) is 64.7 Å². The molecule has 2 aromatic rings. The predicted molar refractivity (Wildman–Crippen MR) is 124 cm³/mol. The number of anilines is 1. The van der Waals surface area contributed by atoms with Crippen molar-refractivity contribution in [3.63, 3.8) is 0 Å². The zero-order valence-electron chi connectivity index (χ0n) is 18.1. The molecule has 0 bridgehead atoms. The maximum absolute atomic E-state index is 13.4. The van der Waals surface area contributed by atoms with Gasteiger partial charge in [-0.15, -0.1) is 0 Å². The fourth-order valence-electron chi connectivity index (χ4n) is 3.36. The molecule has 0 aliphatic carbocycles. The summed E-state index contributed by atoms with van der Waals surface area (Å²) in [5.41, 5.74) is 1.83. The van der Waals surface area contributed by atoms with Crippen molar-refractivity contribution in [1.82, 2.24) is 10.2 Å². The number of hydrogen-bond acceptors (Lipinski definition) is 4. The lowest BCUT2D eigenvalue weighted by atomic mass is 10.1. The number of rotatable bonds is 9. The van der Waals surface area contributed by atoms with Gasteiger partial charge in [-0.3, -0.25) is 13.9 Å². The SMILES string of the molecule is CC[C@@H](C(=O)NC)N(Cc1ccccc1)C(=O)CN(c1ccc(Cl)cc1C)S(C)(=O)=O. The Labute approximate surface area is 189 Å². The van der Waals surface area contributed by atoms with Gasteiger partial charge in [-0.25, -0.2) is 8.42 Å². The standard InChI is InChI=1S/C22H28ClN3O4S/c1-5-19(22(28)24-3)25(14-17-9-7-6-8-10-17)21(27)15-26(31(4,29)30)20-12-11-18(23)13-16(20)2/h6-13,19H,5,14-15H2,1-4H3,(H,24,28)/t19-/m0/s1. The molecule has 0 saturated carbocycles. The summed E-state index contributed by atoms with van der Waals surface area (Å²) in [6, 6.07) is 13.3. The molecule has 0 aliphatic rings. The smallest absolute Gasteiger partial charge is 0.244 e. The molecule has 0 spiro atoms. The normalized spacial score (nSPS) is 12.2. The van der Waals surface area contributed by atoms with Crippen LogP contribution in [0.4, 0.5) is 5.69 Å². The van der Waals surface area contributed by atoms with Crippen molar-refractivity contribution in [2.24, 2.45) is 0 Å². The highest BCUT2D eigenvalue weighted by Gasteiger charge is 2.31. The molecular formula is C22H28ClN3O4S.